The molecule has 3 aromatic rings. The molecular weight excluding hydrogens is 496 g/mol. The Balaban J connectivity index is 1.21. The summed E-state index contributed by atoms with van der Waals surface area (Å²) in [6.45, 7) is 5.67. The van der Waals surface area contributed by atoms with Crippen LogP contribution in [0.15, 0.2) is 28.4 Å². The number of rotatable bonds is 5. The highest BCUT2D eigenvalue weighted by molar-refractivity contribution is 9.11. The molecule has 2 N–H and O–H groups in total. The largest absolute Gasteiger partial charge is 0.381 e. The Morgan fingerprint density at radius 2 is 2.03 bits per heavy atom. The lowest BCUT2D eigenvalue weighted by Gasteiger charge is -2.52. The molecule has 9 nitrogen and oxygen atoms in total. The molecular formula is C21H23BrN6O3S. The number of nitrogens with one attached hydrogen (secondary N) is 2. The van der Waals surface area contributed by atoms with E-state index in [9.17, 15) is 9.59 Å². The predicted molar refractivity (Wildman–Crippen MR) is 125 cm³/mol. The highest BCUT2D eigenvalue weighted by atomic mass is 79.9. The third-order valence-corrected chi connectivity index (χ3v) is 7.66. The van der Waals surface area contributed by atoms with Crippen LogP contribution in [0.3, 0.4) is 0 Å². The van der Waals surface area contributed by atoms with Gasteiger partial charge in [-0.1, -0.05) is 0 Å². The number of carbonyl (C=O) groups is 2. The summed E-state index contributed by atoms with van der Waals surface area (Å²) in [5, 5.41) is 10.0. The zero-order valence-electron chi connectivity index (χ0n) is 17.6. The number of amides is 2. The van der Waals surface area contributed by atoms with E-state index in [-0.39, 0.29) is 11.8 Å². The second kappa shape index (κ2) is 8.54. The molecule has 0 aliphatic carbocycles. The second-order valence-electron chi connectivity index (χ2n) is 8.46. The molecule has 2 aliphatic rings. The van der Waals surface area contributed by atoms with Gasteiger partial charge in [-0.15, -0.1) is 11.3 Å². The fourth-order valence-electron chi connectivity index (χ4n) is 4.37. The fraction of sp³-hybridized carbons (Fsp3) is 0.429. The summed E-state index contributed by atoms with van der Waals surface area (Å²) >= 11 is 4.85. The summed E-state index contributed by atoms with van der Waals surface area (Å²) in [6.07, 6.45) is 7.10. The van der Waals surface area contributed by atoms with Crippen LogP contribution in [-0.2, 0) is 9.53 Å². The minimum atomic E-state index is -0.273. The van der Waals surface area contributed by atoms with Crippen LogP contribution in [0.2, 0.25) is 0 Å². The van der Waals surface area contributed by atoms with Gasteiger partial charge in [0.1, 0.15) is 4.83 Å². The van der Waals surface area contributed by atoms with Crippen LogP contribution in [0.1, 0.15) is 28.9 Å². The van der Waals surface area contributed by atoms with Gasteiger partial charge in [0.15, 0.2) is 0 Å². The van der Waals surface area contributed by atoms with Crippen LogP contribution >= 0.6 is 27.3 Å². The molecule has 5 rings (SSSR count). The van der Waals surface area contributed by atoms with Crippen LogP contribution in [0.4, 0.5) is 11.4 Å². The Morgan fingerprint density at radius 1 is 1.25 bits per heavy atom. The fourth-order valence-corrected chi connectivity index (χ4v) is 5.81. The van der Waals surface area contributed by atoms with E-state index in [2.05, 4.69) is 41.5 Å². The van der Waals surface area contributed by atoms with Gasteiger partial charge in [-0.2, -0.15) is 5.10 Å². The lowest BCUT2D eigenvalue weighted by Crippen LogP contribution is -2.59. The zero-order chi connectivity index (χ0) is 22.3. The van der Waals surface area contributed by atoms with E-state index in [4.69, 9.17) is 4.74 Å². The molecule has 1 spiro atoms. The van der Waals surface area contributed by atoms with Crippen molar-refractivity contribution < 1.29 is 14.3 Å². The van der Waals surface area contributed by atoms with Crippen LogP contribution < -0.4 is 10.6 Å². The summed E-state index contributed by atoms with van der Waals surface area (Å²) in [5.41, 5.74) is 2.58. The molecule has 5 heterocycles. The van der Waals surface area contributed by atoms with E-state index in [0.717, 1.165) is 47.8 Å². The van der Waals surface area contributed by atoms with E-state index in [1.54, 1.807) is 23.0 Å². The van der Waals surface area contributed by atoms with Crippen molar-refractivity contribution in [1.82, 2.24) is 19.5 Å². The number of pyridine rings is 1. The molecule has 0 saturated carbocycles. The van der Waals surface area contributed by atoms with E-state index in [1.165, 1.54) is 11.3 Å². The first-order valence-electron chi connectivity index (χ1n) is 10.4. The maximum Gasteiger partial charge on any atom is 0.260 e. The molecule has 2 amide bonds. The summed E-state index contributed by atoms with van der Waals surface area (Å²) < 4.78 is 8.00. The molecule has 32 heavy (non-hydrogen) atoms. The summed E-state index contributed by atoms with van der Waals surface area (Å²) in [6, 6.07) is 1.74. The molecule has 0 radical (unpaired) electrons. The molecule has 11 heteroatoms. The van der Waals surface area contributed by atoms with Gasteiger partial charge in [0.05, 0.1) is 51.6 Å². The van der Waals surface area contributed by atoms with Crippen LogP contribution in [0.25, 0.3) is 4.83 Å². The number of ether oxygens (including phenoxy) is 1. The number of carbonyl (C=O) groups excluding carboxylic acids is 2. The van der Waals surface area contributed by atoms with Gasteiger partial charge >= 0.3 is 0 Å². The standard InChI is InChI=1S/C21H23BrN6O3S/c1-13-16(26-19(30)15-8-24-28-9-17(22)32-20(15)28)6-14(7-23-13)25-18(29)10-27-11-21(12-27)2-4-31-5-3-21/h6-9H,2-5,10-12H2,1H3,(H,25,29)(H,26,30). The number of likely N-dealkylation sites (tertiary alicyclic amines) is 1. The van der Waals surface area contributed by atoms with Crippen molar-refractivity contribution >= 4 is 55.3 Å². The maximum atomic E-state index is 12.8. The zero-order valence-corrected chi connectivity index (χ0v) is 20.0. The number of thiazole rings is 1. The first-order valence-corrected chi connectivity index (χ1v) is 12.0. The Bertz CT molecular complexity index is 1180. The smallest absolute Gasteiger partial charge is 0.260 e. The quantitative estimate of drug-likeness (QED) is 0.537. The number of halogens is 1. The highest BCUT2D eigenvalue weighted by Crippen LogP contribution is 2.39. The molecule has 168 valence electrons. The normalized spacial score (nSPS) is 17.9. The first kappa shape index (κ1) is 21.5. The van der Waals surface area contributed by atoms with E-state index in [1.807, 2.05) is 13.1 Å². The van der Waals surface area contributed by atoms with Crippen molar-refractivity contribution in [3.05, 3.63) is 39.7 Å². The lowest BCUT2D eigenvalue weighted by molar-refractivity contribution is -0.124. The van der Waals surface area contributed by atoms with Crippen molar-refractivity contribution in [2.24, 2.45) is 5.41 Å². The molecule has 0 atom stereocenters. The van der Waals surface area contributed by atoms with Crippen molar-refractivity contribution in [3.8, 4) is 0 Å². The molecule has 0 bridgehead atoms. The van der Waals surface area contributed by atoms with Crippen molar-refractivity contribution in [2.75, 3.05) is 43.5 Å². The van der Waals surface area contributed by atoms with Gasteiger partial charge < -0.3 is 15.4 Å². The average molecular weight is 519 g/mol. The Labute approximate surface area is 197 Å². The molecule has 0 unspecified atom stereocenters. The van der Waals surface area contributed by atoms with Gasteiger partial charge in [0, 0.05) is 31.7 Å². The number of fused-ring (bicyclic) bond motifs is 1. The summed E-state index contributed by atoms with van der Waals surface area (Å²) in [7, 11) is 0. The highest BCUT2D eigenvalue weighted by Gasteiger charge is 2.44. The minimum Gasteiger partial charge on any atom is -0.381 e. The summed E-state index contributed by atoms with van der Waals surface area (Å²) in [5.74, 6) is -0.360. The molecule has 3 aromatic heterocycles. The Kier molecular flexibility index (Phi) is 5.74. The molecule has 2 saturated heterocycles. The maximum absolute atomic E-state index is 12.8. The van der Waals surface area contributed by atoms with Gasteiger partial charge in [-0.05, 0) is 41.8 Å². The Morgan fingerprint density at radius 3 is 2.81 bits per heavy atom. The third-order valence-electron chi connectivity index (χ3n) is 6.07. The van der Waals surface area contributed by atoms with Crippen molar-refractivity contribution in [1.29, 1.82) is 0 Å². The van der Waals surface area contributed by atoms with Gasteiger partial charge in [0.25, 0.3) is 5.91 Å². The third kappa shape index (κ3) is 4.29. The van der Waals surface area contributed by atoms with E-state index >= 15 is 0 Å². The SMILES string of the molecule is Cc1ncc(NC(=O)CN2CC3(CCOCC3)C2)cc1NC(=O)c1cnn2cc(Br)sc12. The van der Waals surface area contributed by atoms with Crippen molar-refractivity contribution in [3.63, 3.8) is 0 Å². The van der Waals surface area contributed by atoms with E-state index in [0.29, 0.717) is 34.6 Å². The second-order valence-corrected chi connectivity index (χ2v) is 10.9. The van der Waals surface area contributed by atoms with Gasteiger partial charge in [0.2, 0.25) is 5.91 Å². The Hall–Kier alpha value is -2.34. The lowest BCUT2D eigenvalue weighted by atomic mass is 9.73. The number of nitrogens with zero attached hydrogens (tertiary/aromatic N) is 4. The van der Waals surface area contributed by atoms with E-state index < -0.39 is 0 Å². The van der Waals surface area contributed by atoms with Crippen LogP contribution in [0.5, 0.6) is 0 Å². The van der Waals surface area contributed by atoms with Crippen molar-refractivity contribution in [2.45, 2.75) is 19.8 Å². The number of anilines is 2. The predicted octanol–water partition coefficient (Wildman–Crippen LogP) is 3.16. The summed E-state index contributed by atoms with van der Waals surface area (Å²) in [4.78, 5) is 32.6. The number of hydrogen-bond acceptors (Lipinski definition) is 7. The molecule has 2 fully saturated rings. The number of aryl methyl sites for hydroxylation is 1. The minimum absolute atomic E-state index is 0.0865. The van der Waals surface area contributed by atoms with Crippen LogP contribution in [-0.4, -0.2) is 64.2 Å². The van der Waals surface area contributed by atoms with Gasteiger partial charge in [-0.25, -0.2) is 4.52 Å². The number of aromatic nitrogens is 3. The monoisotopic (exact) mass is 518 g/mol. The molecule has 2 aliphatic heterocycles. The van der Waals surface area contributed by atoms with Gasteiger partial charge in [-0.3, -0.25) is 19.5 Å². The van der Waals surface area contributed by atoms with Crippen LogP contribution in [0, 0.1) is 12.3 Å². The topological polar surface area (TPSA) is 101 Å². The first-order chi connectivity index (χ1) is 15.4. The average Bonchev–Trinajstić information content (AvgIpc) is 3.29. The number of hydrogen-bond donors (Lipinski definition) is 2. The molecule has 0 aromatic carbocycles.